The summed E-state index contributed by atoms with van der Waals surface area (Å²) < 4.78 is 0. The molecule has 0 fully saturated rings. The van der Waals surface area contributed by atoms with E-state index in [1.165, 1.54) is 0 Å². The van der Waals surface area contributed by atoms with Gasteiger partial charge in [0.25, 0.3) is 0 Å². The maximum atomic E-state index is 10.9. The van der Waals surface area contributed by atoms with Gasteiger partial charge in [0, 0.05) is 13.1 Å². The molecule has 1 heterocycles. The van der Waals surface area contributed by atoms with Crippen LogP contribution in [0.3, 0.4) is 0 Å². The smallest absolute Gasteiger partial charge is 0.335 e. The minimum Gasteiger partial charge on any atom is -0.478 e. The molecule has 0 aliphatic rings. The van der Waals surface area contributed by atoms with E-state index in [0.717, 1.165) is 30.1 Å². The number of carbonyl (C=O) groups is 1. The summed E-state index contributed by atoms with van der Waals surface area (Å²) in [6.07, 6.45) is 0. The van der Waals surface area contributed by atoms with Crippen LogP contribution in [0.15, 0.2) is 18.2 Å². The number of aromatic carboxylic acids is 1. The third-order valence-electron chi connectivity index (χ3n) is 2.78. The molecular formula is C12H15N3O2. The molecule has 0 bridgehead atoms. The number of benzene rings is 1. The largest absolute Gasteiger partial charge is 0.478 e. The van der Waals surface area contributed by atoms with Gasteiger partial charge in [-0.05, 0) is 32.0 Å². The lowest BCUT2D eigenvalue weighted by Gasteiger charge is -2.16. The molecular weight excluding hydrogens is 218 g/mol. The molecule has 0 unspecified atom stereocenters. The second kappa shape index (κ2) is 4.45. The average Bonchev–Trinajstić information content (AvgIpc) is 2.72. The molecule has 0 saturated heterocycles. The van der Waals surface area contributed by atoms with Gasteiger partial charge in [0.15, 0.2) is 0 Å². The fourth-order valence-corrected chi connectivity index (χ4v) is 1.80. The number of hydrogen-bond acceptors (Lipinski definition) is 3. The molecule has 2 N–H and O–H groups in total. The molecule has 17 heavy (non-hydrogen) atoms. The van der Waals surface area contributed by atoms with E-state index in [9.17, 15) is 4.79 Å². The predicted molar refractivity (Wildman–Crippen MR) is 66.6 cm³/mol. The van der Waals surface area contributed by atoms with E-state index in [1.807, 2.05) is 0 Å². The molecule has 2 aromatic rings. The fourth-order valence-electron chi connectivity index (χ4n) is 1.80. The maximum absolute atomic E-state index is 10.9. The number of carboxylic acids is 1. The number of hydrogen-bond donors (Lipinski definition) is 2. The van der Waals surface area contributed by atoms with Crippen LogP contribution in [-0.4, -0.2) is 34.1 Å². The number of aromatic amines is 1. The normalized spacial score (nSPS) is 10.7. The lowest BCUT2D eigenvalue weighted by Crippen LogP contribution is -2.22. The first-order valence-electron chi connectivity index (χ1n) is 5.63. The Morgan fingerprint density at radius 1 is 1.41 bits per heavy atom. The van der Waals surface area contributed by atoms with Crippen LogP contribution < -0.4 is 4.90 Å². The van der Waals surface area contributed by atoms with Crippen LogP contribution >= 0.6 is 0 Å². The second-order valence-corrected chi connectivity index (χ2v) is 3.77. The van der Waals surface area contributed by atoms with Crippen LogP contribution in [0.25, 0.3) is 11.0 Å². The third kappa shape index (κ3) is 2.08. The first kappa shape index (κ1) is 11.4. The van der Waals surface area contributed by atoms with Crippen LogP contribution in [-0.2, 0) is 0 Å². The number of nitrogens with one attached hydrogen (secondary N) is 1. The van der Waals surface area contributed by atoms with Crippen molar-refractivity contribution in [2.75, 3.05) is 18.0 Å². The Morgan fingerprint density at radius 3 is 2.71 bits per heavy atom. The van der Waals surface area contributed by atoms with Crippen molar-refractivity contribution >= 4 is 23.0 Å². The van der Waals surface area contributed by atoms with E-state index < -0.39 is 5.97 Å². The summed E-state index contributed by atoms with van der Waals surface area (Å²) in [5, 5.41) is 8.91. The summed E-state index contributed by atoms with van der Waals surface area (Å²) in [4.78, 5) is 20.5. The zero-order valence-electron chi connectivity index (χ0n) is 9.90. The fraction of sp³-hybridized carbons (Fsp3) is 0.333. The van der Waals surface area contributed by atoms with Gasteiger partial charge >= 0.3 is 5.97 Å². The van der Waals surface area contributed by atoms with Crippen molar-refractivity contribution < 1.29 is 9.90 Å². The Balaban J connectivity index is 2.46. The third-order valence-corrected chi connectivity index (χ3v) is 2.78. The highest BCUT2D eigenvalue weighted by Gasteiger charge is 2.10. The van der Waals surface area contributed by atoms with Crippen molar-refractivity contribution in [1.29, 1.82) is 0 Å². The van der Waals surface area contributed by atoms with Crippen molar-refractivity contribution in [1.82, 2.24) is 9.97 Å². The molecule has 1 aromatic heterocycles. The Hall–Kier alpha value is -2.04. The second-order valence-electron chi connectivity index (χ2n) is 3.77. The molecule has 0 aliphatic carbocycles. The van der Waals surface area contributed by atoms with E-state index in [4.69, 9.17) is 5.11 Å². The molecule has 1 aromatic carbocycles. The molecule has 5 heteroatoms. The van der Waals surface area contributed by atoms with Crippen molar-refractivity contribution in [3.63, 3.8) is 0 Å². The summed E-state index contributed by atoms with van der Waals surface area (Å²) in [6.45, 7) is 5.84. The van der Waals surface area contributed by atoms with Crippen molar-refractivity contribution in [3.05, 3.63) is 23.8 Å². The Labute approximate surface area is 99.1 Å². The number of H-pyrrole nitrogens is 1. The quantitative estimate of drug-likeness (QED) is 0.848. The first-order valence-corrected chi connectivity index (χ1v) is 5.63. The summed E-state index contributed by atoms with van der Waals surface area (Å²) in [6, 6.07) is 4.90. The highest BCUT2D eigenvalue weighted by Crippen LogP contribution is 2.18. The van der Waals surface area contributed by atoms with Gasteiger partial charge in [-0.15, -0.1) is 0 Å². The van der Waals surface area contributed by atoms with Crippen molar-refractivity contribution in [3.8, 4) is 0 Å². The van der Waals surface area contributed by atoms with Gasteiger partial charge in [-0.2, -0.15) is 0 Å². The number of rotatable bonds is 4. The summed E-state index contributed by atoms with van der Waals surface area (Å²) in [5.41, 5.74) is 1.82. The lowest BCUT2D eigenvalue weighted by atomic mass is 10.2. The van der Waals surface area contributed by atoms with Crippen molar-refractivity contribution in [2.24, 2.45) is 0 Å². The maximum Gasteiger partial charge on any atom is 0.335 e. The van der Waals surface area contributed by atoms with Crippen LogP contribution in [0.4, 0.5) is 5.95 Å². The number of aromatic nitrogens is 2. The van der Waals surface area contributed by atoms with E-state index >= 15 is 0 Å². The number of nitrogens with zero attached hydrogens (tertiary/aromatic N) is 2. The van der Waals surface area contributed by atoms with Gasteiger partial charge in [0.2, 0.25) is 5.95 Å². The zero-order chi connectivity index (χ0) is 12.4. The van der Waals surface area contributed by atoms with Gasteiger partial charge in [-0.3, -0.25) is 0 Å². The summed E-state index contributed by atoms with van der Waals surface area (Å²) in [7, 11) is 0. The predicted octanol–water partition coefficient (Wildman–Crippen LogP) is 2.11. The molecule has 2 rings (SSSR count). The van der Waals surface area contributed by atoms with Crippen LogP contribution in [0.2, 0.25) is 0 Å². The van der Waals surface area contributed by atoms with E-state index in [0.29, 0.717) is 0 Å². The molecule has 0 spiro atoms. The van der Waals surface area contributed by atoms with Gasteiger partial charge in [0.05, 0.1) is 16.6 Å². The number of carboxylic acid groups (broad SMARTS) is 1. The lowest BCUT2D eigenvalue weighted by molar-refractivity contribution is 0.0697. The molecule has 0 radical (unpaired) electrons. The minimum absolute atomic E-state index is 0.271. The van der Waals surface area contributed by atoms with Crippen molar-refractivity contribution in [2.45, 2.75) is 13.8 Å². The molecule has 0 aliphatic heterocycles. The van der Waals surface area contributed by atoms with E-state index in [-0.39, 0.29) is 5.56 Å². The SMILES string of the molecule is CCN(CC)c1nc2ccc(C(=O)O)cc2[nH]1. The summed E-state index contributed by atoms with van der Waals surface area (Å²) in [5.74, 6) is -0.140. The van der Waals surface area contributed by atoms with Gasteiger partial charge in [-0.1, -0.05) is 0 Å². The number of imidazole rings is 1. The Morgan fingerprint density at radius 2 is 2.12 bits per heavy atom. The number of fused-ring (bicyclic) bond motifs is 1. The molecule has 5 nitrogen and oxygen atoms in total. The van der Waals surface area contributed by atoms with Gasteiger partial charge in [-0.25, -0.2) is 9.78 Å². The summed E-state index contributed by atoms with van der Waals surface area (Å²) >= 11 is 0. The van der Waals surface area contributed by atoms with Crippen LogP contribution in [0.1, 0.15) is 24.2 Å². The molecule has 90 valence electrons. The van der Waals surface area contributed by atoms with E-state index in [1.54, 1.807) is 18.2 Å². The highest BCUT2D eigenvalue weighted by molar-refractivity contribution is 5.92. The average molecular weight is 233 g/mol. The Bertz CT molecular complexity index is 544. The van der Waals surface area contributed by atoms with E-state index in [2.05, 4.69) is 28.7 Å². The zero-order valence-corrected chi connectivity index (χ0v) is 9.90. The standard InChI is InChI=1S/C12H15N3O2/c1-3-15(4-2)12-13-9-6-5-8(11(16)17)7-10(9)14-12/h5-7H,3-4H2,1-2H3,(H,13,14)(H,16,17). The van der Waals surface area contributed by atoms with Gasteiger partial charge < -0.3 is 15.0 Å². The van der Waals surface area contributed by atoms with Gasteiger partial charge in [0.1, 0.15) is 0 Å². The molecule has 0 atom stereocenters. The first-order chi connectivity index (χ1) is 8.15. The minimum atomic E-state index is -0.925. The monoisotopic (exact) mass is 233 g/mol. The highest BCUT2D eigenvalue weighted by atomic mass is 16.4. The topological polar surface area (TPSA) is 69.2 Å². The van der Waals surface area contributed by atoms with Crippen LogP contribution in [0, 0.1) is 0 Å². The van der Waals surface area contributed by atoms with Crippen LogP contribution in [0.5, 0.6) is 0 Å². The molecule has 0 saturated carbocycles. The molecule has 0 amide bonds. The Kier molecular flexibility index (Phi) is 2.99. The number of anilines is 1.